The van der Waals surface area contributed by atoms with Gasteiger partial charge in [-0.25, -0.2) is 0 Å². The summed E-state index contributed by atoms with van der Waals surface area (Å²) in [4.78, 5) is 10.8. The maximum absolute atomic E-state index is 10.8. The van der Waals surface area contributed by atoms with Gasteiger partial charge in [-0.05, 0) is 40.8 Å². The Hall–Kier alpha value is -2.64. The van der Waals surface area contributed by atoms with E-state index in [2.05, 4.69) is 43.3 Å². The molecular weight excluding hydrogens is 340 g/mol. The molecule has 3 aromatic carbocycles. The van der Waals surface area contributed by atoms with E-state index in [0.29, 0.717) is 10.6 Å². The first-order chi connectivity index (χ1) is 12.7. The van der Waals surface area contributed by atoms with Gasteiger partial charge in [0, 0.05) is 10.6 Å². The Morgan fingerprint density at radius 1 is 0.808 bits per heavy atom. The van der Waals surface area contributed by atoms with Crippen LogP contribution in [0.4, 0.5) is 0 Å². The summed E-state index contributed by atoms with van der Waals surface area (Å²) in [6, 6.07) is 21.9. The molecule has 0 aliphatic rings. The van der Waals surface area contributed by atoms with E-state index < -0.39 is 0 Å². The van der Waals surface area contributed by atoms with Crippen LogP contribution in [0.2, 0.25) is 5.02 Å². The van der Waals surface area contributed by atoms with Crippen molar-refractivity contribution in [2.75, 3.05) is 0 Å². The van der Waals surface area contributed by atoms with Gasteiger partial charge in [-0.3, -0.25) is 4.79 Å². The number of aldehydes is 1. The van der Waals surface area contributed by atoms with Gasteiger partial charge in [0.15, 0.2) is 0 Å². The van der Waals surface area contributed by atoms with Gasteiger partial charge in [0.2, 0.25) is 0 Å². The zero-order valence-corrected chi connectivity index (χ0v) is 16.1. The van der Waals surface area contributed by atoms with Crippen LogP contribution in [0.15, 0.2) is 66.7 Å². The molecule has 0 aromatic heterocycles. The molecular formula is C24H23ClO. The van der Waals surface area contributed by atoms with E-state index in [4.69, 9.17) is 11.6 Å². The Morgan fingerprint density at radius 3 is 2.15 bits per heavy atom. The van der Waals surface area contributed by atoms with Crippen molar-refractivity contribution in [1.29, 1.82) is 0 Å². The van der Waals surface area contributed by atoms with Crippen molar-refractivity contribution in [1.82, 2.24) is 0 Å². The van der Waals surface area contributed by atoms with Crippen LogP contribution in [-0.4, -0.2) is 6.29 Å². The van der Waals surface area contributed by atoms with Gasteiger partial charge in [0.05, 0.1) is 0 Å². The fourth-order valence-corrected chi connectivity index (χ4v) is 2.95. The average molecular weight is 363 g/mol. The van der Waals surface area contributed by atoms with Gasteiger partial charge in [-0.1, -0.05) is 98.3 Å². The highest BCUT2D eigenvalue weighted by atomic mass is 35.5. The molecule has 0 saturated heterocycles. The van der Waals surface area contributed by atoms with Gasteiger partial charge in [-0.15, -0.1) is 0 Å². The lowest BCUT2D eigenvalue weighted by atomic mass is 9.96. The van der Waals surface area contributed by atoms with Crippen LogP contribution >= 0.6 is 11.6 Å². The molecule has 0 saturated carbocycles. The second-order valence-corrected chi connectivity index (χ2v) is 6.03. The molecule has 0 amide bonds. The summed E-state index contributed by atoms with van der Waals surface area (Å²) < 4.78 is 0. The highest BCUT2D eigenvalue weighted by Crippen LogP contribution is 2.27. The Bertz CT molecular complexity index is 895. The summed E-state index contributed by atoms with van der Waals surface area (Å²) in [7, 11) is 0. The topological polar surface area (TPSA) is 17.1 Å². The minimum absolute atomic E-state index is 0.577. The molecule has 0 N–H and O–H groups in total. The zero-order valence-electron chi connectivity index (χ0n) is 15.4. The monoisotopic (exact) mass is 362 g/mol. The number of carbonyl (C=O) groups is 1. The molecule has 26 heavy (non-hydrogen) atoms. The number of carbonyl (C=O) groups excluding carboxylic acids is 1. The van der Waals surface area contributed by atoms with Crippen molar-refractivity contribution in [3.63, 3.8) is 0 Å². The minimum Gasteiger partial charge on any atom is -0.298 e. The Balaban J connectivity index is 0.00000117. The van der Waals surface area contributed by atoms with E-state index in [0.717, 1.165) is 17.4 Å². The molecule has 3 aromatic rings. The number of rotatable bonds is 4. The van der Waals surface area contributed by atoms with Gasteiger partial charge < -0.3 is 0 Å². The molecule has 132 valence electrons. The van der Waals surface area contributed by atoms with Crippen LogP contribution in [-0.2, 0) is 0 Å². The summed E-state index contributed by atoms with van der Waals surface area (Å²) >= 11 is 6.23. The third-order valence-corrected chi connectivity index (χ3v) is 4.39. The molecule has 1 nitrogen and oxygen atoms in total. The van der Waals surface area contributed by atoms with E-state index in [1.54, 1.807) is 12.1 Å². The summed E-state index contributed by atoms with van der Waals surface area (Å²) in [5, 5.41) is 0.577. The first-order valence-corrected chi connectivity index (χ1v) is 9.14. The Labute approximate surface area is 161 Å². The standard InChI is InChI=1S/C22H17ClO.C2H6/c1-16-18(8-5-9-21(16)19-6-3-2-4-7-19)12-13-20-11-10-17(15-24)14-22(20)23;1-2/h2-15H,1H3;1-2H3/b13-12+;. The molecule has 0 aliphatic heterocycles. The average Bonchev–Trinajstić information content (AvgIpc) is 2.70. The van der Waals surface area contributed by atoms with E-state index in [9.17, 15) is 4.79 Å². The van der Waals surface area contributed by atoms with Crippen LogP contribution in [0, 0.1) is 6.92 Å². The largest absolute Gasteiger partial charge is 0.298 e. The second-order valence-electron chi connectivity index (χ2n) is 5.62. The maximum atomic E-state index is 10.8. The molecule has 2 heteroatoms. The lowest BCUT2D eigenvalue weighted by Gasteiger charge is -2.09. The summed E-state index contributed by atoms with van der Waals surface area (Å²) in [6.07, 6.45) is 4.84. The van der Waals surface area contributed by atoms with Crippen molar-refractivity contribution >= 4 is 30.0 Å². The quantitative estimate of drug-likeness (QED) is 0.351. The fourth-order valence-electron chi connectivity index (χ4n) is 2.70. The van der Waals surface area contributed by atoms with E-state index in [1.165, 1.54) is 16.7 Å². The Kier molecular flexibility index (Phi) is 7.37. The zero-order chi connectivity index (χ0) is 18.9. The molecule has 3 rings (SSSR count). The molecule has 0 bridgehead atoms. The summed E-state index contributed by atoms with van der Waals surface area (Å²) in [5.41, 5.74) is 6.28. The minimum atomic E-state index is 0.577. The maximum Gasteiger partial charge on any atom is 0.150 e. The van der Waals surface area contributed by atoms with Crippen LogP contribution in [0.1, 0.15) is 40.9 Å². The van der Waals surface area contributed by atoms with E-state index in [1.807, 2.05) is 44.2 Å². The van der Waals surface area contributed by atoms with Crippen molar-refractivity contribution in [2.24, 2.45) is 0 Å². The van der Waals surface area contributed by atoms with Gasteiger partial charge in [0.25, 0.3) is 0 Å². The molecule has 0 aliphatic carbocycles. The van der Waals surface area contributed by atoms with Crippen LogP contribution in [0.25, 0.3) is 23.3 Å². The van der Waals surface area contributed by atoms with Gasteiger partial charge in [0.1, 0.15) is 6.29 Å². The molecule has 0 atom stereocenters. The molecule has 0 unspecified atom stereocenters. The fraction of sp³-hybridized carbons (Fsp3) is 0.125. The van der Waals surface area contributed by atoms with Crippen LogP contribution in [0.3, 0.4) is 0 Å². The third-order valence-electron chi connectivity index (χ3n) is 4.06. The first kappa shape index (κ1) is 19.7. The van der Waals surface area contributed by atoms with Crippen LogP contribution in [0.5, 0.6) is 0 Å². The molecule has 0 fully saturated rings. The van der Waals surface area contributed by atoms with Crippen LogP contribution < -0.4 is 0 Å². The number of hydrogen-bond donors (Lipinski definition) is 0. The molecule has 0 spiro atoms. The van der Waals surface area contributed by atoms with E-state index in [-0.39, 0.29) is 0 Å². The summed E-state index contributed by atoms with van der Waals surface area (Å²) in [6.45, 7) is 6.12. The summed E-state index contributed by atoms with van der Waals surface area (Å²) in [5.74, 6) is 0. The smallest absolute Gasteiger partial charge is 0.150 e. The number of halogens is 1. The first-order valence-electron chi connectivity index (χ1n) is 8.77. The number of benzene rings is 3. The van der Waals surface area contributed by atoms with Crippen molar-refractivity contribution in [3.8, 4) is 11.1 Å². The second kappa shape index (κ2) is 9.74. The SMILES string of the molecule is CC.Cc1c(/C=C/c2ccc(C=O)cc2Cl)cccc1-c1ccccc1. The van der Waals surface area contributed by atoms with Crippen molar-refractivity contribution in [3.05, 3.63) is 94.0 Å². The predicted octanol–water partition coefficient (Wildman–Crippen LogP) is 7.32. The lowest BCUT2D eigenvalue weighted by Crippen LogP contribution is -1.87. The predicted molar refractivity (Wildman–Crippen MR) is 114 cm³/mol. The third kappa shape index (κ3) is 4.71. The van der Waals surface area contributed by atoms with Crippen molar-refractivity contribution < 1.29 is 4.79 Å². The highest BCUT2D eigenvalue weighted by Gasteiger charge is 2.04. The van der Waals surface area contributed by atoms with E-state index >= 15 is 0 Å². The normalized spacial score (nSPS) is 10.3. The lowest BCUT2D eigenvalue weighted by molar-refractivity contribution is 0.112. The van der Waals surface area contributed by atoms with Crippen molar-refractivity contribution in [2.45, 2.75) is 20.8 Å². The highest BCUT2D eigenvalue weighted by molar-refractivity contribution is 6.32. The Morgan fingerprint density at radius 2 is 1.50 bits per heavy atom. The molecule has 0 radical (unpaired) electrons. The molecule has 0 heterocycles. The van der Waals surface area contributed by atoms with Gasteiger partial charge >= 0.3 is 0 Å². The van der Waals surface area contributed by atoms with Gasteiger partial charge in [-0.2, -0.15) is 0 Å². The number of hydrogen-bond acceptors (Lipinski definition) is 1.